The molecule has 0 saturated carbocycles. The average molecular weight is 1030 g/mol. The maximum Gasteiger partial charge on any atom is 1.00 e. The maximum absolute atomic E-state index is 11.9. The quantitative estimate of drug-likeness (QED) is 0.0143. The zero-order chi connectivity index (χ0) is 46.1. The molecule has 24 nitrogen and oxygen atoms in total. The first-order chi connectivity index (χ1) is 26.8. The summed E-state index contributed by atoms with van der Waals surface area (Å²) in [6, 6.07) is -6.65. The van der Waals surface area contributed by atoms with Gasteiger partial charge in [-0.3, -0.25) is 43.2 Å². The van der Waals surface area contributed by atoms with Crippen molar-refractivity contribution in [2.45, 2.75) is 81.2 Å². The van der Waals surface area contributed by atoms with Gasteiger partial charge in [-0.2, -0.15) is 0 Å². The molecule has 32 heteroatoms. The average Bonchev–Trinajstić information content (AvgIpc) is 3.14. The number of nitrogens with two attached hydrogens (primary N) is 5. The van der Waals surface area contributed by atoms with Gasteiger partial charge in [-0.25, -0.2) is 4.79 Å². The Morgan fingerprint density at radius 3 is 1.13 bits per heavy atom. The Balaban J connectivity index is -0.000000214. The van der Waals surface area contributed by atoms with Gasteiger partial charge in [0.15, 0.2) is 0 Å². The molecule has 0 rings (SSSR count). The third-order valence-corrected chi connectivity index (χ3v) is 11.3. The van der Waals surface area contributed by atoms with Crippen molar-refractivity contribution in [1.82, 2.24) is 5.32 Å². The first-order valence-electron chi connectivity index (χ1n) is 16.0. The van der Waals surface area contributed by atoms with E-state index < -0.39 is 102 Å². The van der Waals surface area contributed by atoms with Crippen molar-refractivity contribution in [2.75, 3.05) is 23.0 Å². The number of carbonyl (C=O) groups is 10. The van der Waals surface area contributed by atoms with Crippen molar-refractivity contribution in [2.24, 2.45) is 34.6 Å². The standard InChI is InChI=1S/C17H27N3O10S2.C6H12N2O4S2.C5H9NO4.2K.H3P2/c18-10(15(25)26)2-1-9(21)5-8(14(23)24)6-31-32-7-12(17(29)30)20-13(22)4-3-11(19)16(27)28;7-3(5(9)10)1-13-14-2-4(8)6(11)12;6-3(5(9)10)1-2-4(7)8;;;1-2/h8,10-12H,1-7,18-19H2,(H,20,22)(H,23,24)(H,25,26)(H,27,28)(H,29,30);3-4H,1-2,7-8H2,(H,9,10)(H,11,12);3H,1-2,6H2,(H,7,8)(H,9,10);;;1H,2H2/q;;;2*+1;-1/t8-,10-,11-,12-;3-,4-;3-;;;/m000.../s1. The minimum Gasteiger partial charge on any atom is -0.533 e. The first-order valence-corrected chi connectivity index (χ1v) is 23.3. The number of carbonyl (C=O) groups excluding carboxylic acids is 2. The molecule has 1 amide bonds. The molecule has 0 aliphatic heterocycles. The molecule has 0 heterocycles. The molecule has 1 unspecified atom stereocenters. The number of rotatable bonds is 29. The fourth-order valence-corrected chi connectivity index (χ4v) is 7.61. The topological polar surface area (TPSA) is 475 Å². The summed E-state index contributed by atoms with van der Waals surface area (Å²) in [7, 11) is 9.51. The van der Waals surface area contributed by atoms with Gasteiger partial charge in [-0.15, -0.1) is 0 Å². The number of ketones is 1. The summed E-state index contributed by atoms with van der Waals surface area (Å²) in [4.78, 5) is 108. The normalized spacial score (nSPS) is 13.4. The van der Waals surface area contributed by atoms with E-state index >= 15 is 0 Å². The molecule has 0 radical (unpaired) electrons. The molecule has 60 heavy (non-hydrogen) atoms. The molecule has 0 aromatic carbocycles. The fraction of sp³-hybridized carbons (Fsp3) is 0.643. The van der Waals surface area contributed by atoms with Crippen LogP contribution in [0.3, 0.4) is 0 Å². The Bertz CT molecular complexity index is 1280. The number of aliphatic carboxylic acids is 8. The van der Waals surface area contributed by atoms with Crippen LogP contribution in [0, 0.1) is 5.92 Å². The minimum atomic E-state index is -1.33. The Hall–Kier alpha value is 0.233. The monoisotopic (exact) mass is 1030 g/mol. The number of carboxylic acids is 8. The fourth-order valence-electron chi connectivity index (χ4n) is 2.92. The molecule has 0 aliphatic carbocycles. The van der Waals surface area contributed by atoms with Crippen molar-refractivity contribution in [3.05, 3.63) is 0 Å². The smallest absolute Gasteiger partial charge is 0.533 e. The number of hydrogen-bond acceptors (Lipinski definition) is 19. The van der Waals surface area contributed by atoms with Crippen LogP contribution in [0.25, 0.3) is 0 Å². The molecular formula is C28H51K2N6O18P2S4+. The van der Waals surface area contributed by atoms with E-state index in [9.17, 15) is 58.2 Å². The van der Waals surface area contributed by atoms with Gasteiger partial charge in [0.2, 0.25) is 5.91 Å². The van der Waals surface area contributed by atoms with Crippen molar-refractivity contribution in [1.29, 1.82) is 0 Å². The summed E-state index contributed by atoms with van der Waals surface area (Å²) in [6.07, 6.45) is -1.27. The van der Waals surface area contributed by atoms with Crippen LogP contribution in [0.1, 0.15) is 44.9 Å². The molecule has 0 saturated heterocycles. The van der Waals surface area contributed by atoms with Crippen LogP contribution in [0.2, 0.25) is 0 Å². The van der Waals surface area contributed by atoms with Crippen LogP contribution in [0.15, 0.2) is 0 Å². The van der Waals surface area contributed by atoms with Gasteiger partial charge >= 0.3 is 151 Å². The van der Waals surface area contributed by atoms with Crippen LogP contribution in [0.5, 0.6) is 0 Å². The molecule has 0 fully saturated rings. The van der Waals surface area contributed by atoms with Crippen molar-refractivity contribution in [3.8, 4) is 0 Å². The summed E-state index contributed by atoms with van der Waals surface area (Å²) in [5, 5.41) is 71.1. The largest absolute Gasteiger partial charge is 1.00 e. The maximum atomic E-state index is 11.9. The third-order valence-electron chi connectivity index (χ3n) is 6.29. The van der Waals surface area contributed by atoms with Gasteiger partial charge in [0.05, 0.1) is 5.92 Å². The molecular weight excluding hydrogens is 977 g/mol. The zero-order valence-corrected chi connectivity index (χ0v) is 44.2. The summed E-state index contributed by atoms with van der Waals surface area (Å²) < 4.78 is 0. The van der Waals surface area contributed by atoms with Crippen LogP contribution in [-0.2, 0) is 47.9 Å². The van der Waals surface area contributed by atoms with Gasteiger partial charge in [-0.05, 0) is 19.3 Å². The third kappa shape index (κ3) is 44.8. The van der Waals surface area contributed by atoms with E-state index in [1.165, 1.54) is 21.6 Å². The van der Waals surface area contributed by atoms with E-state index in [2.05, 4.69) is 23.2 Å². The predicted molar refractivity (Wildman–Crippen MR) is 222 cm³/mol. The Kier molecular flexibility index (Phi) is 53.2. The van der Waals surface area contributed by atoms with Gasteiger partial charge in [0.25, 0.3) is 0 Å². The Labute approximate surface area is 450 Å². The van der Waals surface area contributed by atoms with E-state index in [0.29, 0.717) is 0 Å². The van der Waals surface area contributed by atoms with E-state index in [-0.39, 0.29) is 171 Å². The van der Waals surface area contributed by atoms with Gasteiger partial charge in [0.1, 0.15) is 42.0 Å². The van der Waals surface area contributed by atoms with Gasteiger partial charge in [-0.1, -0.05) is 43.2 Å². The molecule has 0 aromatic rings. The second-order valence-electron chi connectivity index (χ2n) is 11.1. The van der Waals surface area contributed by atoms with Crippen molar-refractivity contribution in [3.63, 3.8) is 0 Å². The molecule has 0 spiro atoms. The molecule has 336 valence electrons. The molecule has 8 atom stereocenters. The number of nitrogens with one attached hydrogen (secondary N) is 1. The van der Waals surface area contributed by atoms with Gasteiger partial charge < -0.3 is 92.7 Å². The SMILES string of the molecule is N[C@@H](CCC(=O)C[C@@H](CSSC[C@H](NC(=O)CC[C@H](N)C(=O)O)C(=O)O)C(=O)O)C(=O)O.N[C@@H](CCC(=O)O)C(=O)O.N[C@@H](CSSC[C@H](N)C(=O)O)C(=O)O.[K+].[K+].[PH-]P. The van der Waals surface area contributed by atoms with E-state index in [4.69, 9.17) is 59.3 Å². The zero-order valence-electron chi connectivity index (χ0n) is 32.6. The van der Waals surface area contributed by atoms with Crippen molar-refractivity contribution < 1.29 is 192 Å². The number of hydrogen-bond donors (Lipinski definition) is 14. The summed E-state index contributed by atoms with van der Waals surface area (Å²) in [5.74, 6) is -11.3. The van der Waals surface area contributed by atoms with E-state index in [1.807, 2.05) is 0 Å². The Morgan fingerprint density at radius 2 is 0.800 bits per heavy atom. The number of carboxylic acid groups (broad SMARTS) is 8. The molecule has 0 aromatic heterocycles. The number of Topliss-reactive ketones (excluding diaryl/α,β-unsaturated/α-hetero) is 1. The predicted octanol–water partition coefficient (Wildman–Crippen LogP) is -7.64. The second kappa shape index (κ2) is 44.4. The van der Waals surface area contributed by atoms with Gasteiger partial charge in [0, 0.05) is 48.7 Å². The minimum absolute atomic E-state index is 0. The van der Waals surface area contributed by atoms with Crippen LogP contribution in [0.4, 0.5) is 0 Å². The summed E-state index contributed by atoms with van der Waals surface area (Å²) in [5.41, 5.74) is 26.0. The molecule has 0 bridgehead atoms. The summed E-state index contributed by atoms with van der Waals surface area (Å²) in [6.45, 7) is 0. The summed E-state index contributed by atoms with van der Waals surface area (Å²) >= 11 is 0. The van der Waals surface area contributed by atoms with Crippen LogP contribution >= 0.6 is 61.0 Å². The van der Waals surface area contributed by atoms with Crippen LogP contribution in [-0.4, -0.2) is 160 Å². The Morgan fingerprint density at radius 1 is 0.467 bits per heavy atom. The van der Waals surface area contributed by atoms with Crippen molar-refractivity contribution >= 4 is 120 Å². The first kappa shape index (κ1) is 71.9. The van der Waals surface area contributed by atoms with Crippen LogP contribution < -0.4 is 137 Å². The van der Waals surface area contributed by atoms with E-state index in [0.717, 1.165) is 21.6 Å². The second-order valence-corrected chi connectivity index (χ2v) is 16.2. The van der Waals surface area contributed by atoms with E-state index in [1.54, 1.807) is 0 Å². The number of amides is 1. The molecule has 19 N–H and O–H groups in total. The molecule has 0 aliphatic rings.